The Balaban J connectivity index is 1.98. The lowest BCUT2D eigenvalue weighted by atomic mass is 9.92. The van der Waals surface area contributed by atoms with E-state index in [1.165, 1.54) is 25.0 Å². The fraction of sp³-hybridized carbons (Fsp3) is 0.571. The van der Waals surface area contributed by atoms with E-state index in [-0.39, 0.29) is 11.9 Å². The molecule has 17 heavy (non-hydrogen) atoms. The molecule has 1 fully saturated rings. The van der Waals surface area contributed by atoms with Crippen LogP contribution >= 0.6 is 0 Å². The number of phenols is 1. The fourth-order valence-electron chi connectivity index (χ4n) is 2.43. The number of aromatic hydroxyl groups is 1. The third-order valence-electron chi connectivity index (χ3n) is 3.41. The molecule has 1 aliphatic heterocycles. The third kappa shape index (κ3) is 2.97. The summed E-state index contributed by atoms with van der Waals surface area (Å²) in [6.07, 6.45) is 4.46. The van der Waals surface area contributed by atoms with Crippen LogP contribution in [0.25, 0.3) is 0 Å². The molecule has 3 heteroatoms. The van der Waals surface area contributed by atoms with Gasteiger partial charge in [-0.1, -0.05) is 19.4 Å². The Morgan fingerprint density at radius 1 is 1.41 bits per heavy atom. The van der Waals surface area contributed by atoms with Gasteiger partial charge in [0.2, 0.25) is 0 Å². The van der Waals surface area contributed by atoms with Gasteiger partial charge in [-0.05, 0) is 42.9 Å². The minimum atomic E-state index is -0.568. The van der Waals surface area contributed by atoms with Crippen molar-refractivity contribution in [2.45, 2.75) is 38.7 Å². The van der Waals surface area contributed by atoms with Crippen molar-refractivity contribution in [3.8, 4) is 5.75 Å². The van der Waals surface area contributed by atoms with Crippen molar-refractivity contribution in [3.05, 3.63) is 29.6 Å². The zero-order chi connectivity index (χ0) is 12.3. The Bertz CT molecular complexity index is 370. The molecule has 0 saturated carbocycles. The van der Waals surface area contributed by atoms with E-state index < -0.39 is 5.82 Å². The van der Waals surface area contributed by atoms with Crippen LogP contribution in [0.3, 0.4) is 0 Å². The van der Waals surface area contributed by atoms with Gasteiger partial charge >= 0.3 is 0 Å². The first-order valence-corrected chi connectivity index (χ1v) is 6.30. The van der Waals surface area contributed by atoms with E-state index >= 15 is 0 Å². The standard InChI is InChI=1S/C14H19FO2/c1-2-3-10-4-7-14(17-9-10)11-5-6-13(16)12(15)8-11/h5-6,8,10,14,16H,2-4,7,9H2,1H3/t10-,14-/m0/s1. The number of benzene rings is 1. The Labute approximate surface area is 101 Å². The summed E-state index contributed by atoms with van der Waals surface area (Å²) < 4.78 is 19.0. The largest absolute Gasteiger partial charge is 0.505 e. The molecule has 1 aromatic rings. The highest BCUT2D eigenvalue weighted by Crippen LogP contribution is 2.33. The van der Waals surface area contributed by atoms with Gasteiger partial charge in [-0.15, -0.1) is 0 Å². The van der Waals surface area contributed by atoms with Crippen LogP contribution in [-0.4, -0.2) is 11.7 Å². The maximum Gasteiger partial charge on any atom is 0.165 e. The zero-order valence-corrected chi connectivity index (χ0v) is 10.2. The van der Waals surface area contributed by atoms with E-state index in [9.17, 15) is 4.39 Å². The highest BCUT2D eigenvalue weighted by molar-refractivity contribution is 5.29. The topological polar surface area (TPSA) is 29.5 Å². The van der Waals surface area contributed by atoms with Crippen LogP contribution in [-0.2, 0) is 4.74 Å². The van der Waals surface area contributed by atoms with Crippen LogP contribution in [0.5, 0.6) is 5.75 Å². The monoisotopic (exact) mass is 238 g/mol. The van der Waals surface area contributed by atoms with E-state index in [0.717, 1.165) is 25.0 Å². The maximum absolute atomic E-state index is 13.2. The highest BCUT2D eigenvalue weighted by atomic mass is 19.1. The van der Waals surface area contributed by atoms with Gasteiger partial charge in [-0.25, -0.2) is 4.39 Å². The van der Waals surface area contributed by atoms with Crippen LogP contribution in [0.1, 0.15) is 44.3 Å². The van der Waals surface area contributed by atoms with E-state index in [1.54, 1.807) is 6.07 Å². The second kappa shape index (κ2) is 5.50. The minimum absolute atomic E-state index is 0.0155. The van der Waals surface area contributed by atoms with E-state index in [2.05, 4.69) is 6.92 Å². The first-order valence-electron chi connectivity index (χ1n) is 6.30. The summed E-state index contributed by atoms with van der Waals surface area (Å²) in [5, 5.41) is 9.14. The maximum atomic E-state index is 13.2. The Morgan fingerprint density at radius 2 is 2.24 bits per heavy atom. The molecule has 0 unspecified atom stereocenters. The lowest BCUT2D eigenvalue weighted by Gasteiger charge is -2.29. The molecule has 1 heterocycles. The molecule has 2 rings (SSSR count). The second-order valence-electron chi connectivity index (χ2n) is 4.76. The summed E-state index contributed by atoms with van der Waals surface area (Å²) in [4.78, 5) is 0. The van der Waals surface area contributed by atoms with E-state index in [4.69, 9.17) is 9.84 Å². The van der Waals surface area contributed by atoms with Crippen molar-refractivity contribution in [2.75, 3.05) is 6.61 Å². The SMILES string of the molecule is CCC[C@H]1CC[C@@H](c2ccc(O)c(F)c2)OC1. The van der Waals surface area contributed by atoms with Gasteiger partial charge < -0.3 is 9.84 Å². The first-order chi connectivity index (χ1) is 8.20. The quantitative estimate of drug-likeness (QED) is 0.867. The van der Waals surface area contributed by atoms with Crippen molar-refractivity contribution >= 4 is 0 Å². The lowest BCUT2D eigenvalue weighted by molar-refractivity contribution is -0.0196. The summed E-state index contributed by atoms with van der Waals surface area (Å²) in [5.74, 6) is -0.214. The Kier molecular flexibility index (Phi) is 4.00. The van der Waals surface area contributed by atoms with Gasteiger partial charge in [0.05, 0.1) is 12.7 Å². The molecule has 94 valence electrons. The van der Waals surface area contributed by atoms with Crippen LogP contribution in [0.2, 0.25) is 0 Å². The molecule has 0 aliphatic carbocycles. The van der Waals surface area contributed by atoms with Crippen molar-refractivity contribution in [3.63, 3.8) is 0 Å². The molecular weight excluding hydrogens is 219 g/mol. The van der Waals surface area contributed by atoms with Crippen molar-refractivity contribution in [1.29, 1.82) is 0 Å². The predicted molar refractivity (Wildman–Crippen MR) is 64.4 cm³/mol. The van der Waals surface area contributed by atoms with Gasteiger partial charge in [-0.2, -0.15) is 0 Å². The zero-order valence-electron chi connectivity index (χ0n) is 10.2. The molecule has 1 saturated heterocycles. The summed E-state index contributed by atoms with van der Waals surface area (Å²) >= 11 is 0. The Morgan fingerprint density at radius 3 is 2.82 bits per heavy atom. The molecule has 1 aliphatic rings. The van der Waals surface area contributed by atoms with Gasteiger partial charge in [0.25, 0.3) is 0 Å². The van der Waals surface area contributed by atoms with Crippen molar-refractivity contribution in [2.24, 2.45) is 5.92 Å². The molecule has 0 amide bonds. The average Bonchev–Trinajstić information content (AvgIpc) is 2.34. The number of hydrogen-bond donors (Lipinski definition) is 1. The normalized spacial score (nSPS) is 24.8. The molecule has 0 aromatic heterocycles. The summed E-state index contributed by atoms with van der Waals surface area (Å²) in [6, 6.07) is 4.51. The second-order valence-corrected chi connectivity index (χ2v) is 4.76. The smallest absolute Gasteiger partial charge is 0.165 e. The lowest BCUT2D eigenvalue weighted by Crippen LogP contribution is -2.20. The minimum Gasteiger partial charge on any atom is -0.505 e. The molecule has 2 nitrogen and oxygen atoms in total. The fourth-order valence-corrected chi connectivity index (χ4v) is 2.43. The molecule has 0 bridgehead atoms. The van der Waals surface area contributed by atoms with Gasteiger partial charge in [0.15, 0.2) is 11.6 Å². The van der Waals surface area contributed by atoms with Crippen molar-refractivity contribution in [1.82, 2.24) is 0 Å². The van der Waals surface area contributed by atoms with Gasteiger partial charge in [0.1, 0.15) is 0 Å². The molecule has 1 N–H and O–H groups in total. The third-order valence-corrected chi connectivity index (χ3v) is 3.41. The van der Waals surface area contributed by atoms with Crippen LogP contribution in [0.4, 0.5) is 4.39 Å². The molecule has 0 radical (unpaired) electrons. The number of rotatable bonds is 3. The average molecular weight is 238 g/mol. The Hall–Kier alpha value is -1.09. The summed E-state index contributed by atoms with van der Waals surface area (Å²) in [7, 11) is 0. The summed E-state index contributed by atoms with van der Waals surface area (Å²) in [6.45, 7) is 2.95. The number of ether oxygens (including phenoxy) is 1. The molecular formula is C14H19FO2. The number of hydrogen-bond acceptors (Lipinski definition) is 2. The van der Waals surface area contributed by atoms with Crippen LogP contribution < -0.4 is 0 Å². The molecule has 0 spiro atoms. The highest BCUT2D eigenvalue weighted by Gasteiger charge is 2.22. The van der Waals surface area contributed by atoms with Crippen LogP contribution in [0, 0.1) is 11.7 Å². The van der Waals surface area contributed by atoms with E-state index in [0.29, 0.717) is 5.92 Å². The first kappa shape index (κ1) is 12.4. The van der Waals surface area contributed by atoms with Crippen molar-refractivity contribution < 1.29 is 14.2 Å². The van der Waals surface area contributed by atoms with E-state index in [1.807, 2.05) is 0 Å². The molecule has 2 atom stereocenters. The predicted octanol–water partition coefficient (Wildman–Crippen LogP) is 3.80. The van der Waals surface area contributed by atoms with Crippen LogP contribution in [0.15, 0.2) is 18.2 Å². The van der Waals surface area contributed by atoms with Gasteiger partial charge in [-0.3, -0.25) is 0 Å². The number of phenolic OH excluding ortho intramolecular Hbond substituents is 1. The summed E-state index contributed by atoms with van der Waals surface area (Å²) in [5.41, 5.74) is 0.829. The van der Waals surface area contributed by atoms with Gasteiger partial charge in [0, 0.05) is 0 Å². The number of halogens is 1. The molecule has 1 aromatic carbocycles.